The Morgan fingerprint density at radius 3 is 2.68 bits per heavy atom. The van der Waals surface area contributed by atoms with Crippen molar-refractivity contribution in [1.29, 1.82) is 0 Å². The van der Waals surface area contributed by atoms with Crippen molar-refractivity contribution in [1.82, 2.24) is 25.4 Å². The Morgan fingerprint density at radius 2 is 2.12 bits per heavy atom. The minimum Gasteiger partial charge on any atom is -0.348 e. The van der Waals surface area contributed by atoms with E-state index < -0.39 is 0 Å². The summed E-state index contributed by atoms with van der Waals surface area (Å²) < 4.78 is 1.77. The summed E-state index contributed by atoms with van der Waals surface area (Å²) in [7, 11) is 0. The molecule has 0 saturated carbocycles. The van der Waals surface area contributed by atoms with Crippen LogP contribution in [-0.4, -0.2) is 40.3 Å². The van der Waals surface area contributed by atoms with Crippen LogP contribution in [0.1, 0.15) is 28.2 Å². The number of pyridine rings is 1. The van der Waals surface area contributed by atoms with Gasteiger partial charge in [0.15, 0.2) is 5.82 Å². The molecule has 1 amide bonds. The predicted octanol–water partition coefficient (Wildman–Crippen LogP) is 2.38. The van der Waals surface area contributed by atoms with Gasteiger partial charge in [0.25, 0.3) is 5.91 Å². The molecule has 2 aromatic heterocycles. The number of rotatable bonds is 4. The molecule has 0 aliphatic carbocycles. The Kier molecular flexibility index (Phi) is 8.09. The van der Waals surface area contributed by atoms with E-state index in [1.807, 2.05) is 26.0 Å². The molecule has 2 N–H and O–H groups in total. The van der Waals surface area contributed by atoms with Gasteiger partial charge in [0, 0.05) is 25.0 Å². The number of nitrogens with one attached hydrogen (secondary N) is 2. The number of carbonyl (C=O) groups is 1. The molecule has 0 aromatic carbocycles. The molecule has 0 unspecified atom stereocenters. The molecule has 3 rings (SSSR count). The molecule has 2 aromatic rings. The van der Waals surface area contributed by atoms with Gasteiger partial charge in [0.05, 0.1) is 11.3 Å². The molecule has 0 radical (unpaired) electrons. The standard InChI is InChI=1S/C17H21N5O.2ClH/c1-12-9-13(2)22(21-12)16-4-3-15(11-19-16)17(23)20-10-14-5-7-18-8-6-14;;/h3-5,9,11,18H,6-8,10H2,1-2H3,(H,20,23);2*1H. The van der Waals surface area contributed by atoms with Gasteiger partial charge in [0.1, 0.15) is 0 Å². The topological polar surface area (TPSA) is 71.8 Å². The van der Waals surface area contributed by atoms with Gasteiger partial charge in [-0.15, -0.1) is 24.8 Å². The summed E-state index contributed by atoms with van der Waals surface area (Å²) >= 11 is 0. The maximum atomic E-state index is 12.2. The van der Waals surface area contributed by atoms with Crippen LogP contribution >= 0.6 is 24.8 Å². The van der Waals surface area contributed by atoms with Crippen molar-refractivity contribution in [3.63, 3.8) is 0 Å². The lowest BCUT2D eigenvalue weighted by molar-refractivity contribution is 0.0956. The highest BCUT2D eigenvalue weighted by atomic mass is 35.5. The first-order valence-corrected chi connectivity index (χ1v) is 7.80. The highest BCUT2D eigenvalue weighted by Crippen LogP contribution is 2.10. The van der Waals surface area contributed by atoms with Crippen LogP contribution in [-0.2, 0) is 0 Å². The average molecular weight is 384 g/mol. The summed E-state index contributed by atoms with van der Waals surface area (Å²) in [5.74, 6) is 0.616. The van der Waals surface area contributed by atoms with Crippen molar-refractivity contribution >= 4 is 30.7 Å². The first-order valence-electron chi connectivity index (χ1n) is 7.80. The van der Waals surface area contributed by atoms with Crippen LogP contribution < -0.4 is 10.6 Å². The van der Waals surface area contributed by atoms with E-state index >= 15 is 0 Å². The molecule has 1 aliphatic heterocycles. The number of halogens is 2. The molecule has 0 saturated heterocycles. The third-order valence-corrected chi connectivity index (χ3v) is 3.87. The normalized spacial score (nSPS) is 13.3. The molecule has 3 heterocycles. The summed E-state index contributed by atoms with van der Waals surface area (Å²) in [5.41, 5.74) is 3.79. The van der Waals surface area contributed by atoms with Crippen molar-refractivity contribution in [2.45, 2.75) is 20.3 Å². The van der Waals surface area contributed by atoms with Crippen LogP contribution in [0.15, 0.2) is 36.0 Å². The SMILES string of the molecule is Cc1cc(C)n(-c2ccc(C(=O)NCC3=CCNCC3)cn2)n1.Cl.Cl. The Hall–Kier alpha value is -1.89. The average Bonchev–Trinajstić information content (AvgIpc) is 2.92. The van der Waals surface area contributed by atoms with Gasteiger partial charge in [-0.1, -0.05) is 11.6 Å². The fourth-order valence-electron chi connectivity index (χ4n) is 2.63. The molecule has 0 bridgehead atoms. The molecular formula is C17H23Cl2N5O. The monoisotopic (exact) mass is 383 g/mol. The summed E-state index contributed by atoms with van der Waals surface area (Å²) in [6.45, 7) is 6.38. The largest absolute Gasteiger partial charge is 0.348 e. The van der Waals surface area contributed by atoms with Crippen molar-refractivity contribution < 1.29 is 4.79 Å². The van der Waals surface area contributed by atoms with Gasteiger partial charge >= 0.3 is 0 Å². The molecule has 136 valence electrons. The van der Waals surface area contributed by atoms with E-state index in [0.717, 1.165) is 30.9 Å². The van der Waals surface area contributed by atoms with Gasteiger partial charge in [-0.05, 0) is 45.0 Å². The lowest BCUT2D eigenvalue weighted by Crippen LogP contribution is -2.29. The minimum atomic E-state index is -0.100. The zero-order valence-corrected chi connectivity index (χ0v) is 15.9. The lowest BCUT2D eigenvalue weighted by Gasteiger charge is -2.14. The number of hydrogen-bond donors (Lipinski definition) is 2. The molecule has 0 spiro atoms. The second-order valence-electron chi connectivity index (χ2n) is 5.74. The number of aryl methyl sites for hydroxylation is 2. The molecule has 6 nitrogen and oxygen atoms in total. The number of nitrogens with zero attached hydrogens (tertiary/aromatic N) is 3. The van der Waals surface area contributed by atoms with Crippen molar-refractivity contribution in [2.24, 2.45) is 0 Å². The number of carbonyl (C=O) groups excluding carboxylic acids is 1. The van der Waals surface area contributed by atoms with E-state index in [1.54, 1.807) is 16.9 Å². The number of hydrogen-bond acceptors (Lipinski definition) is 4. The van der Waals surface area contributed by atoms with E-state index in [-0.39, 0.29) is 30.7 Å². The van der Waals surface area contributed by atoms with E-state index in [1.165, 1.54) is 5.57 Å². The lowest BCUT2D eigenvalue weighted by atomic mass is 10.1. The smallest absolute Gasteiger partial charge is 0.253 e. The quantitative estimate of drug-likeness (QED) is 0.794. The van der Waals surface area contributed by atoms with Gasteiger partial charge in [0.2, 0.25) is 0 Å². The van der Waals surface area contributed by atoms with Crippen LogP contribution in [0.4, 0.5) is 0 Å². The van der Waals surface area contributed by atoms with E-state index in [4.69, 9.17) is 0 Å². The molecule has 8 heteroatoms. The zero-order chi connectivity index (χ0) is 16.2. The third kappa shape index (κ3) is 5.29. The second kappa shape index (κ2) is 9.56. The maximum absolute atomic E-state index is 12.2. The summed E-state index contributed by atoms with van der Waals surface area (Å²) in [5, 5.41) is 10.6. The van der Waals surface area contributed by atoms with Crippen LogP contribution in [0, 0.1) is 13.8 Å². The van der Waals surface area contributed by atoms with E-state index in [9.17, 15) is 4.79 Å². The molecular weight excluding hydrogens is 361 g/mol. The maximum Gasteiger partial charge on any atom is 0.253 e. The second-order valence-corrected chi connectivity index (χ2v) is 5.74. The fourth-order valence-corrected chi connectivity index (χ4v) is 2.63. The molecule has 0 fully saturated rings. The van der Waals surface area contributed by atoms with Crippen LogP contribution in [0.5, 0.6) is 0 Å². The van der Waals surface area contributed by atoms with Crippen molar-refractivity contribution in [3.8, 4) is 5.82 Å². The van der Waals surface area contributed by atoms with Crippen LogP contribution in [0.2, 0.25) is 0 Å². The summed E-state index contributed by atoms with van der Waals surface area (Å²) in [4.78, 5) is 16.5. The Morgan fingerprint density at radius 1 is 1.32 bits per heavy atom. The predicted molar refractivity (Wildman–Crippen MR) is 103 cm³/mol. The molecule has 0 atom stereocenters. The highest BCUT2D eigenvalue weighted by Gasteiger charge is 2.10. The number of aromatic nitrogens is 3. The first-order chi connectivity index (χ1) is 11.1. The Labute approximate surface area is 159 Å². The van der Waals surface area contributed by atoms with Gasteiger partial charge in [-0.25, -0.2) is 9.67 Å². The van der Waals surface area contributed by atoms with Gasteiger partial charge < -0.3 is 10.6 Å². The summed E-state index contributed by atoms with van der Waals surface area (Å²) in [6.07, 6.45) is 4.71. The van der Waals surface area contributed by atoms with Crippen LogP contribution in [0.3, 0.4) is 0 Å². The Bertz CT molecular complexity index is 740. The third-order valence-electron chi connectivity index (χ3n) is 3.87. The number of amides is 1. The molecule has 1 aliphatic rings. The fraction of sp³-hybridized carbons (Fsp3) is 0.353. The first kappa shape index (κ1) is 21.2. The highest BCUT2D eigenvalue weighted by molar-refractivity contribution is 5.94. The zero-order valence-electron chi connectivity index (χ0n) is 14.3. The van der Waals surface area contributed by atoms with Gasteiger partial charge in [-0.2, -0.15) is 5.10 Å². The van der Waals surface area contributed by atoms with E-state index in [0.29, 0.717) is 17.9 Å². The molecule has 25 heavy (non-hydrogen) atoms. The van der Waals surface area contributed by atoms with Crippen LogP contribution in [0.25, 0.3) is 5.82 Å². The van der Waals surface area contributed by atoms with Crippen molar-refractivity contribution in [3.05, 3.63) is 53.0 Å². The Balaban J connectivity index is 0.00000156. The van der Waals surface area contributed by atoms with E-state index in [2.05, 4.69) is 26.8 Å². The van der Waals surface area contributed by atoms with Gasteiger partial charge in [-0.3, -0.25) is 4.79 Å². The van der Waals surface area contributed by atoms with Crippen molar-refractivity contribution in [2.75, 3.05) is 19.6 Å². The minimum absolute atomic E-state index is 0. The summed E-state index contributed by atoms with van der Waals surface area (Å²) in [6, 6.07) is 5.60.